The van der Waals surface area contributed by atoms with Crippen LogP contribution in [0.5, 0.6) is 11.5 Å². The third-order valence-electron chi connectivity index (χ3n) is 5.11. The fourth-order valence-corrected chi connectivity index (χ4v) is 3.22. The second-order valence-corrected chi connectivity index (χ2v) is 8.08. The number of carbonyl (C=O) groups is 2. The number of likely N-dealkylation sites (N-methyl/N-ethyl adjacent to an activating group) is 1. The Morgan fingerprint density at radius 3 is 2.53 bits per heavy atom. The molecule has 0 aliphatic heterocycles. The average Bonchev–Trinajstić information content (AvgIpc) is 3.24. The van der Waals surface area contributed by atoms with E-state index < -0.39 is 0 Å². The molecule has 2 amide bonds. The van der Waals surface area contributed by atoms with Crippen LogP contribution in [-0.2, 0) is 11.4 Å². The minimum Gasteiger partial charge on any atom is -0.487 e. The smallest absolute Gasteiger partial charge is 0.259 e. The van der Waals surface area contributed by atoms with Crippen molar-refractivity contribution in [2.75, 3.05) is 26.0 Å². The normalized spacial score (nSPS) is 10.7. The van der Waals surface area contributed by atoms with E-state index >= 15 is 0 Å². The number of imidazole rings is 1. The van der Waals surface area contributed by atoms with Crippen LogP contribution < -0.4 is 14.8 Å². The maximum absolute atomic E-state index is 12.7. The average molecular weight is 459 g/mol. The lowest BCUT2D eigenvalue weighted by Gasteiger charge is -2.12. The molecule has 1 N–H and O–H groups in total. The van der Waals surface area contributed by atoms with Crippen molar-refractivity contribution < 1.29 is 19.1 Å². The summed E-state index contributed by atoms with van der Waals surface area (Å²) in [5.74, 6) is 0.738. The molecule has 0 atom stereocenters. The first-order valence-corrected chi connectivity index (χ1v) is 10.8. The van der Waals surface area contributed by atoms with Gasteiger partial charge in [0.15, 0.2) is 6.61 Å². The van der Waals surface area contributed by atoms with E-state index in [1.54, 1.807) is 62.6 Å². The van der Waals surface area contributed by atoms with E-state index in [-0.39, 0.29) is 18.4 Å². The van der Waals surface area contributed by atoms with Gasteiger partial charge in [0.25, 0.3) is 11.8 Å². The molecule has 0 bridgehead atoms. The first kappa shape index (κ1) is 22.8. The summed E-state index contributed by atoms with van der Waals surface area (Å²) in [7, 11) is 3.34. The molecule has 4 rings (SSSR count). The van der Waals surface area contributed by atoms with Crippen LogP contribution in [-0.4, -0.2) is 46.8 Å². The molecule has 2 heterocycles. The lowest BCUT2D eigenvalue weighted by Crippen LogP contribution is -2.27. The fourth-order valence-electron chi connectivity index (χ4n) is 3.22. The number of rotatable bonds is 8. The van der Waals surface area contributed by atoms with Crippen LogP contribution in [0.25, 0.3) is 5.65 Å². The number of carbonyl (C=O) groups excluding carboxylic acids is 2. The molecular weight excluding hydrogens is 432 g/mol. The number of fused-ring (bicyclic) bond motifs is 1. The number of amides is 2. The highest BCUT2D eigenvalue weighted by molar-refractivity contribution is 6.04. The van der Waals surface area contributed by atoms with Gasteiger partial charge in [-0.3, -0.25) is 9.59 Å². The molecule has 174 valence electrons. The SMILES string of the molecule is Cc1ccc2nc(COc3cccc(C(=O)Nc4ccc(OCC(=O)N(C)C)cc4)c3)cn2c1. The number of benzene rings is 2. The molecular formula is C26H26N4O4. The van der Waals surface area contributed by atoms with Crippen LogP contribution in [0, 0.1) is 6.92 Å². The first-order valence-electron chi connectivity index (χ1n) is 10.8. The molecule has 0 saturated carbocycles. The monoisotopic (exact) mass is 458 g/mol. The Morgan fingerprint density at radius 2 is 1.76 bits per heavy atom. The number of nitrogens with one attached hydrogen (secondary N) is 1. The van der Waals surface area contributed by atoms with Gasteiger partial charge in [0.1, 0.15) is 23.8 Å². The van der Waals surface area contributed by atoms with Gasteiger partial charge in [-0.15, -0.1) is 0 Å². The molecule has 2 aromatic heterocycles. The molecule has 8 heteroatoms. The molecule has 0 aliphatic carbocycles. The van der Waals surface area contributed by atoms with Gasteiger partial charge in [-0.25, -0.2) is 4.98 Å². The zero-order valence-corrected chi connectivity index (χ0v) is 19.3. The molecule has 0 spiro atoms. The van der Waals surface area contributed by atoms with E-state index in [0.717, 1.165) is 16.9 Å². The maximum Gasteiger partial charge on any atom is 0.259 e. The summed E-state index contributed by atoms with van der Waals surface area (Å²) in [6, 6.07) is 17.8. The summed E-state index contributed by atoms with van der Waals surface area (Å²) in [6.45, 7) is 2.28. The van der Waals surface area contributed by atoms with Crippen molar-refractivity contribution in [1.29, 1.82) is 0 Å². The van der Waals surface area contributed by atoms with Crippen LogP contribution in [0.1, 0.15) is 21.6 Å². The Kier molecular flexibility index (Phi) is 6.77. The summed E-state index contributed by atoms with van der Waals surface area (Å²) >= 11 is 0. The Labute approximate surface area is 197 Å². The summed E-state index contributed by atoms with van der Waals surface area (Å²) in [4.78, 5) is 30.3. The van der Waals surface area contributed by atoms with Crippen molar-refractivity contribution in [2.45, 2.75) is 13.5 Å². The minimum atomic E-state index is -0.259. The number of ether oxygens (including phenoxy) is 2. The van der Waals surface area contributed by atoms with Crippen LogP contribution in [0.4, 0.5) is 5.69 Å². The lowest BCUT2D eigenvalue weighted by atomic mass is 10.2. The van der Waals surface area contributed by atoms with Crippen molar-refractivity contribution in [1.82, 2.24) is 14.3 Å². The fraction of sp³-hybridized carbons (Fsp3) is 0.192. The Balaban J connectivity index is 1.34. The summed E-state index contributed by atoms with van der Waals surface area (Å²) in [5, 5.41) is 2.85. The molecule has 2 aromatic carbocycles. The number of aromatic nitrogens is 2. The Morgan fingerprint density at radius 1 is 0.971 bits per heavy atom. The largest absolute Gasteiger partial charge is 0.487 e. The molecule has 0 fully saturated rings. The quantitative estimate of drug-likeness (QED) is 0.432. The van der Waals surface area contributed by atoms with E-state index in [0.29, 0.717) is 29.4 Å². The molecule has 34 heavy (non-hydrogen) atoms. The van der Waals surface area contributed by atoms with Gasteiger partial charge in [-0.05, 0) is 61.0 Å². The zero-order valence-electron chi connectivity index (χ0n) is 19.3. The summed E-state index contributed by atoms with van der Waals surface area (Å²) < 4.78 is 13.3. The van der Waals surface area contributed by atoms with Gasteiger partial charge < -0.3 is 24.1 Å². The van der Waals surface area contributed by atoms with Gasteiger partial charge >= 0.3 is 0 Å². The van der Waals surface area contributed by atoms with Crippen LogP contribution in [0.15, 0.2) is 73.1 Å². The highest BCUT2D eigenvalue weighted by Gasteiger charge is 2.10. The predicted molar refractivity (Wildman–Crippen MR) is 129 cm³/mol. The highest BCUT2D eigenvalue weighted by atomic mass is 16.5. The molecule has 0 saturated heterocycles. The van der Waals surface area contributed by atoms with Crippen LogP contribution in [0.3, 0.4) is 0 Å². The Bertz CT molecular complexity index is 1310. The third kappa shape index (κ3) is 5.72. The standard InChI is InChI=1S/C26H26N4O4/c1-18-7-12-24-27-21(15-30(24)14-18)16-33-23-6-4-5-19(13-23)26(32)28-20-8-10-22(11-9-20)34-17-25(31)29(2)3/h4-15H,16-17H2,1-3H3,(H,28,32). The maximum atomic E-state index is 12.7. The topological polar surface area (TPSA) is 85.2 Å². The van der Waals surface area contributed by atoms with E-state index in [2.05, 4.69) is 10.3 Å². The van der Waals surface area contributed by atoms with E-state index in [1.165, 1.54) is 4.90 Å². The van der Waals surface area contributed by atoms with E-state index in [9.17, 15) is 9.59 Å². The number of aryl methyl sites for hydroxylation is 1. The molecule has 0 aliphatic rings. The number of hydrogen-bond acceptors (Lipinski definition) is 5. The van der Waals surface area contributed by atoms with Crippen molar-refractivity contribution in [3.05, 3.63) is 89.9 Å². The van der Waals surface area contributed by atoms with Crippen LogP contribution >= 0.6 is 0 Å². The first-order chi connectivity index (χ1) is 16.4. The zero-order chi connectivity index (χ0) is 24.1. The van der Waals surface area contributed by atoms with Crippen molar-refractivity contribution in [3.63, 3.8) is 0 Å². The second-order valence-electron chi connectivity index (χ2n) is 8.08. The number of nitrogens with zero attached hydrogens (tertiary/aromatic N) is 3. The van der Waals surface area contributed by atoms with Crippen molar-refractivity contribution in [2.24, 2.45) is 0 Å². The summed E-state index contributed by atoms with van der Waals surface area (Å²) in [5.41, 5.74) is 3.90. The Hall–Kier alpha value is -4.33. The molecule has 8 nitrogen and oxygen atoms in total. The van der Waals surface area contributed by atoms with E-state index in [1.807, 2.05) is 35.9 Å². The predicted octanol–water partition coefficient (Wildman–Crippen LogP) is 3.94. The third-order valence-corrected chi connectivity index (χ3v) is 5.11. The van der Waals surface area contributed by atoms with Crippen molar-refractivity contribution >= 4 is 23.1 Å². The van der Waals surface area contributed by atoms with E-state index in [4.69, 9.17) is 9.47 Å². The van der Waals surface area contributed by atoms with Gasteiger partial charge in [0, 0.05) is 37.7 Å². The van der Waals surface area contributed by atoms with Gasteiger partial charge in [-0.2, -0.15) is 0 Å². The second kappa shape index (κ2) is 10.1. The van der Waals surface area contributed by atoms with Crippen LogP contribution in [0.2, 0.25) is 0 Å². The number of hydrogen-bond donors (Lipinski definition) is 1. The number of anilines is 1. The number of pyridine rings is 1. The van der Waals surface area contributed by atoms with Gasteiger partial charge in [0.2, 0.25) is 0 Å². The molecule has 4 aromatic rings. The highest BCUT2D eigenvalue weighted by Crippen LogP contribution is 2.19. The van der Waals surface area contributed by atoms with Gasteiger partial charge in [-0.1, -0.05) is 12.1 Å². The van der Waals surface area contributed by atoms with Crippen molar-refractivity contribution in [3.8, 4) is 11.5 Å². The molecule has 0 radical (unpaired) electrons. The summed E-state index contributed by atoms with van der Waals surface area (Å²) in [6.07, 6.45) is 3.95. The minimum absolute atomic E-state index is 0.0416. The molecule has 0 unspecified atom stereocenters. The van der Waals surface area contributed by atoms with Gasteiger partial charge in [0.05, 0.1) is 5.69 Å². The lowest BCUT2D eigenvalue weighted by molar-refractivity contribution is -0.130.